The van der Waals surface area contributed by atoms with Crippen LogP contribution in [0.15, 0.2) is 78.0 Å². The van der Waals surface area contributed by atoms with Crippen LogP contribution in [0.3, 0.4) is 0 Å². The molecule has 7 nitrogen and oxygen atoms in total. The van der Waals surface area contributed by atoms with Crippen LogP contribution in [0.1, 0.15) is 36.8 Å². The molecule has 1 aromatic heterocycles. The normalized spacial score (nSPS) is 12.9. The lowest BCUT2D eigenvalue weighted by molar-refractivity contribution is -0.117. The van der Waals surface area contributed by atoms with Crippen molar-refractivity contribution in [1.29, 1.82) is 0 Å². The fourth-order valence-corrected chi connectivity index (χ4v) is 4.35. The van der Waals surface area contributed by atoms with Gasteiger partial charge >= 0.3 is 0 Å². The highest BCUT2D eigenvalue weighted by atomic mass is 32.2. The minimum absolute atomic E-state index is 0.182. The number of nitrogens with zero attached hydrogens (tertiary/aromatic N) is 2. The van der Waals surface area contributed by atoms with Crippen LogP contribution >= 0.6 is 0 Å². The Bertz CT molecular complexity index is 1150. The maximum absolute atomic E-state index is 12.6. The third-order valence-corrected chi connectivity index (χ3v) is 6.22. The van der Waals surface area contributed by atoms with Gasteiger partial charge in [-0.1, -0.05) is 42.5 Å². The number of aryl methyl sites for hydroxylation is 1. The monoisotopic (exact) mass is 438 g/mol. The molecule has 1 amide bonds. The van der Waals surface area contributed by atoms with Crippen LogP contribution in [-0.2, 0) is 21.9 Å². The van der Waals surface area contributed by atoms with Crippen molar-refractivity contribution < 1.29 is 13.2 Å². The van der Waals surface area contributed by atoms with Crippen molar-refractivity contribution in [1.82, 2.24) is 19.6 Å². The summed E-state index contributed by atoms with van der Waals surface area (Å²) in [5.41, 5.74) is 1.64. The Balaban J connectivity index is 1.73. The van der Waals surface area contributed by atoms with Crippen molar-refractivity contribution in [3.8, 4) is 0 Å². The topological polar surface area (TPSA) is 93.1 Å². The molecular weight excluding hydrogens is 412 g/mol. The van der Waals surface area contributed by atoms with E-state index in [-0.39, 0.29) is 16.8 Å². The van der Waals surface area contributed by atoms with Crippen molar-refractivity contribution in [2.24, 2.45) is 7.05 Å². The summed E-state index contributed by atoms with van der Waals surface area (Å²) in [5.74, 6) is 0.440. The summed E-state index contributed by atoms with van der Waals surface area (Å²) in [7, 11) is -1.67. The molecule has 0 aliphatic carbocycles. The highest BCUT2D eigenvalue weighted by Crippen LogP contribution is 2.20. The van der Waals surface area contributed by atoms with Crippen molar-refractivity contribution in [3.63, 3.8) is 0 Å². The SMILES string of the molecule is CC(C)NS(=O)(=O)c1ccc(/C=C/C(=O)NC(c2ccccc2)c2nccn2C)cc1. The number of carbonyl (C=O) groups is 1. The standard InChI is InChI=1S/C23H26N4O3S/c1-17(2)26-31(29,30)20-12-9-18(10-13-20)11-14-21(28)25-22(19-7-5-4-6-8-19)23-24-15-16-27(23)3/h4-17,22,26H,1-3H3,(H,25,28)/b14-11+. The fourth-order valence-electron chi connectivity index (χ4n) is 3.10. The minimum Gasteiger partial charge on any atom is -0.339 e. The maximum Gasteiger partial charge on any atom is 0.244 e. The molecule has 8 heteroatoms. The Kier molecular flexibility index (Phi) is 7.04. The van der Waals surface area contributed by atoms with Crippen LogP contribution in [0, 0.1) is 0 Å². The Hall–Kier alpha value is -3.23. The lowest BCUT2D eigenvalue weighted by atomic mass is 10.1. The molecule has 0 aliphatic heterocycles. The summed E-state index contributed by atoms with van der Waals surface area (Å²) in [6, 6.07) is 15.4. The van der Waals surface area contributed by atoms with Gasteiger partial charge in [0.25, 0.3) is 0 Å². The second kappa shape index (κ2) is 9.72. The van der Waals surface area contributed by atoms with E-state index in [2.05, 4.69) is 15.0 Å². The van der Waals surface area contributed by atoms with E-state index in [1.807, 2.05) is 48.1 Å². The van der Waals surface area contributed by atoms with Crippen molar-refractivity contribution >= 4 is 22.0 Å². The number of imidazole rings is 1. The molecule has 0 fully saturated rings. The molecule has 0 bridgehead atoms. The second-order valence-corrected chi connectivity index (χ2v) is 9.14. The molecule has 0 spiro atoms. The van der Waals surface area contributed by atoms with Crippen molar-refractivity contribution in [3.05, 3.63) is 90.0 Å². The zero-order valence-corrected chi connectivity index (χ0v) is 18.5. The molecule has 2 aromatic carbocycles. The first kappa shape index (κ1) is 22.5. The number of carbonyl (C=O) groups excluding carboxylic acids is 1. The Morgan fingerprint density at radius 3 is 2.32 bits per heavy atom. The molecular formula is C23H26N4O3S. The molecule has 0 saturated carbocycles. The highest BCUT2D eigenvalue weighted by molar-refractivity contribution is 7.89. The molecule has 31 heavy (non-hydrogen) atoms. The van der Waals surface area contributed by atoms with E-state index in [9.17, 15) is 13.2 Å². The van der Waals surface area contributed by atoms with Gasteiger partial charge in [0.1, 0.15) is 11.9 Å². The smallest absolute Gasteiger partial charge is 0.244 e. The maximum atomic E-state index is 12.6. The fraction of sp³-hybridized carbons (Fsp3) is 0.217. The van der Waals surface area contributed by atoms with Crippen LogP contribution in [0.4, 0.5) is 0 Å². The van der Waals surface area contributed by atoms with E-state index in [0.29, 0.717) is 5.56 Å². The van der Waals surface area contributed by atoms with E-state index in [1.54, 1.807) is 38.3 Å². The Labute approximate surface area is 182 Å². The van der Waals surface area contributed by atoms with Gasteiger partial charge in [0.15, 0.2) is 0 Å². The van der Waals surface area contributed by atoms with E-state index in [0.717, 1.165) is 11.4 Å². The summed E-state index contributed by atoms with van der Waals surface area (Å²) in [6.07, 6.45) is 6.59. The van der Waals surface area contributed by atoms with Crippen LogP contribution in [0.5, 0.6) is 0 Å². The molecule has 3 aromatic rings. The summed E-state index contributed by atoms with van der Waals surface area (Å²) in [4.78, 5) is 17.2. The first-order valence-corrected chi connectivity index (χ1v) is 11.4. The number of hydrogen-bond acceptors (Lipinski definition) is 4. The molecule has 1 unspecified atom stereocenters. The number of hydrogen-bond donors (Lipinski definition) is 2. The Morgan fingerprint density at radius 1 is 1.06 bits per heavy atom. The first-order valence-electron chi connectivity index (χ1n) is 9.89. The number of amides is 1. The molecule has 1 heterocycles. The quantitative estimate of drug-likeness (QED) is 0.529. The third kappa shape index (κ3) is 5.90. The lowest BCUT2D eigenvalue weighted by Gasteiger charge is -2.18. The number of aromatic nitrogens is 2. The van der Waals surface area contributed by atoms with Crippen molar-refractivity contribution in [2.45, 2.75) is 30.8 Å². The van der Waals surface area contributed by atoms with Gasteiger partial charge in [-0.15, -0.1) is 0 Å². The zero-order valence-electron chi connectivity index (χ0n) is 17.7. The van der Waals surface area contributed by atoms with Gasteiger partial charge in [-0.05, 0) is 43.2 Å². The molecule has 3 rings (SSSR count). The summed E-state index contributed by atoms with van der Waals surface area (Å²) >= 11 is 0. The average Bonchev–Trinajstić information content (AvgIpc) is 3.16. The largest absolute Gasteiger partial charge is 0.339 e. The van der Waals surface area contributed by atoms with E-state index >= 15 is 0 Å². The summed E-state index contributed by atoms with van der Waals surface area (Å²) < 4.78 is 28.8. The highest BCUT2D eigenvalue weighted by Gasteiger charge is 2.19. The van der Waals surface area contributed by atoms with Crippen molar-refractivity contribution in [2.75, 3.05) is 0 Å². The zero-order chi connectivity index (χ0) is 22.4. The third-order valence-electron chi connectivity index (χ3n) is 4.54. The van der Waals surface area contributed by atoms with Crippen LogP contribution in [0.2, 0.25) is 0 Å². The molecule has 0 radical (unpaired) electrons. The molecule has 0 saturated heterocycles. The van der Waals surface area contributed by atoms with Gasteiger partial charge in [-0.25, -0.2) is 18.1 Å². The summed E-state index contributed by atoms with van der Waals surface area (Å²) in [6.45, 7) is 3.53. The number of benzene rings is 2. The lowest BCUT2D eigenvalue weighted by Crippen LogP contribution is -2.30. The second-order valence-electron chi connectivity index (χ2n) is 7.43. The van der Waals surface area contributed by atoms with Crippen LogP contribution < -0.4 is 10.0 Å². The predicted molar refractivity (Wildman–Crippen MR) is 121 cm³/mol. The van der Waals surface area contributed by atoms with Crippen LogP contribution in [0.25, 0.3) is 6.08 Å². The van der Waals surface area contributed by atoms with Gasteiger partial charge in [-0.3, -0.25) is 4.79 Å². The van der Waals surface area contributed by atoms with Gasteiger partial charge in [0.2, 0.25) is 15.9 Å². The number of rotatable bonds is 8. The number of sulfonamides is 1. The Morgan fingerprint density at radius 2 is 1.74 bits per heavy atom. The molecule has 0 aliphatic rings. The minimum atomic E-state index is -3.55. The van der Waals surface area contributed by atoms with Gasteiger partial charge < -0.3 is 9.88 Å². The van der Waals surface area contributed by atoms with Crippen LogP contribution in [-0.4, -0.2) is 29.9 Å². The van der Waals surface area contributed by atoms with Gasteiger partial charge in [-0.2, -0.15) is 0 Å². The molecule has 162 valence electrons. The molecule has 1 atom stereocenters. The molecule has 2 N–H and O–H groups in total. The van der Waals surface area contributed by atoms with E-state index in [1.165, 1.54) is 18.2 Å². The predicted octanol–water partition coefficient (Wildman–Crippen LogP) is 3.03. The van der Waals surface area contributed by atoms with Gasteiger partial charge in [0.05, 0.1) is 4.90 Å². The number of nitrogens with one attached hydrogen (secondary N) is 2. The first-order chi connectivity index (χ1) is 14.8. The summed E-state index contributed by atoms with van der Waals surface area (Å²) in [5, 5.41) is 2.99. The van der Waals surface area contributed by atoms with E-state index in [4.69, 9.17) is 0 Å². The average molecular weight is 439 g/mol. The van der Waals surface area contributed by atoms with Gasteiger partial charge in [0, 0.05) is 31.6 Å². The van der Waals surface area contributed by atoms with E-state index < -0.39 is 16.1 Å².